The largest absolute Gasteiger partial charge is 0.528 e. The smallest absolute Gasteiger partial charge is 0.427 e. The van der Waals surface area contributed by atoms with Gasteiger partial charge in [-0.05, 0) is 20.8 Å². The minimum absolute atomic E-state index is 0.342. The highest BCUT2D eigenvalue weighted by molar-refractivity contribution is 5.82. The van der Waals surface area contributed by atoms with Crippen LogP contribution in [0.15, 0.2) is 0 Å². The molecule has 0 saturated carbocycles. The lowest BCUT2D eigenvalue weighted by atomic mass is 10.2. The maximum Gasteiger partial charge on any atom is 0.528 e. The third-order valence-corrected chi connectivity index (χ3v) is 1.48. The number of nitrogens with zero attached hydrogens (tertiary/aromatic N) is 1. The molecule has 1 saturated heterocycles. The fourth-order valence-corrected chi connectivity index (χ4v) is 0.820. The average Bonchev–Trinajstić information content (AvgIpc) is 2.61. The van der Waals surface area contributed by atoms with Crippen LogP contribution in [0.4, 0.5) is 4.79 Å². The van der Waals surface area contributed by atoms with Crippen molar-refractivity contribution in [1.29, 1.82) is 0 Å². The van der Waals surface area contributed by atoms with Crippen molar-refractivity contribution in [3.8, 4) is 0 Å². The van der Waals surface area contributed by atoms with Gasteiger partial charge in [-0.15, -0.1) is 5.06 Å². The van der Waals surface area contributed by atoms with Crippen LogP contribution in [-0.2, 0) is 14.4 Å². The summed E-state index contributed by atoms with van der Waals surface area (Å²) in [4.78, 5) is 26.3. The summed E-state index contributed by atoms with van der Waals surface area (Å²) in [5, 5.41) is 1.18. The second-order valence-electron chi connectivity index (χ2n) is 4.07. The maximum absolute atomic E-state index is 11.0. The Morgan fingerprint density at radius 2 is 2.00 bits per heavy atom. The van der Waals surface area contributed by atoms with E-state index in [2.05, 4.69) is 4.84 Å². The Hall–Kier alpha value is -1.30. The Labute approximate surface area is 81.9 Å². The molecule has 0 bridgehead atoms. The molecule has 1 fully saturated rings. The number of amides is 1. The Morgan fingerprint density at radius 1 is 1.43 bits per heavy atom. The highest BCUT2D eigenvalue weighted by atomic mass is 16.8. The number of carbonyl (C=O) groups is 2. The van der Waals surface area contributed by atoms with Gasteiger partial charge in [-0.25, -0.2) is 4.79 Å². The molecule has 1 heterocycles. The molecule has 1 rings (SSSR count). The van der Waals surface area contributed by atoms with Crippen molar-refractivity contribution >= 4 is 12.1 Å². The molecule has 2 atom stereocenters. The SMILES string of the molecule is CC(C)(C)OC(=O)ON1CC1C(N)=O. The second-order valence-corrected chi connectivity index (χ2v) is 4.07. The zero-order valence-electron chi connectivity index (χ0n) is 8.44. The lowest BCUT2D eigenvalue weighted by Crippen LogP contribution is -2.28. The summed E-state index contributed by atoms with van der Waals surface area (Å²) >= 11 is 0. The molecule has 0 spiro atoms. The Morgan fingerprint density at radius 3 is 2.36 bits per heavy atom. The molecule has 0 aromatic heterocycles. The van der Waals surface area contributed by atoms with Gasteiger partial charge < -0.3 is 15.3 Å². The molecule has 14 heavy (non-hydrogen) atoms. The van der Waals surface area contributed by atoms with Gasteiger partial charge >= 0.3 is 6.16 Å². The number of hydrogen-bond donors (Lipinski definition) is 1. The summed E-state index contributed by atoms with van der Waals surface area (Å²) in [6, 6.07) is -0.498. The predicted octanol–water partition coefficient (Wildman–Crippen LogP) is 0.0226. The number of hydroxylamine groups is 2. The second kappa shape index (κ2) is 3.45. The van der Waals surface area contributed by atoms with Crippen molar-refractivity contribution in [3.63, 3.8) is 0 Å². The minimum atomic E-state index is -0.818. The van der Waals surface area contributed by atoms with Gasteiger partial charge in [0, 0.05) is 0 Å². The predicted molar refractivity (Wildman–Crippen MR) is 47.0 cm³/mol. The van der Waals surface area contributed by atoms with Crippen molar-refractivity contribution in [1.82, 2.24) is 5.06 Å². The van der Waals surface area contributed by atoms with E-state index in [1.54, 1.807) is 20.8 Å². The first kappa shape index (κ1) is 10.8. The maximum atomic E-state index is 11.0. The zero-order valence-corrected chi connectivity index (χ0v) is 8.44. The Bertz CT molecular complexity index is 259. The molecule has 1 aliphatic heterocycles. The van der Waals surface area contributed by atoms with Gasteiger partial charge in [0.05, 0.1) is 6.54 Å². The summed E-state index contributed by atoms with van der Waals surface area (Å²) in [6.07, 6.45) is -0.818. The molecule has 0 radical (unpaired) electrons. The minimum Gasteiger partial charge on any atom is -0.427 e. The van der Waals surface area contributed by atoms with Crippen LogP contribution in [0.3, 0.4) is 0 Å². The molecular formula is C8H14N2O4. The van der Waals surface area contributed by atoms with E-state index < -0.39 is 23.7 Å². The van der Waals surface area contributed by atoms with Crippen LogP contribution in [-0.4, -0.2) is 35.3 Å². The van der Waals surface area contributed by atoms with E-state index in [4.69, 9.17) is 10.5 Å². The van der Waals surface area contributed by atoms with Gasteiger partial charge in [0.15, 0.2) is 0 Å². The van der Waals surface area contributed by atoms with E-state index in [0.717, 1.165) is 0 Å². The highest BCUT2D eigenvalue weighted by Gasteiger charge is 2.43. The lowest BCUT2D eigenvalue weighted by Gasteiger charge is -2.18. The molecule has 0 aromatic rings. The summed E-state index contributed by atoms with van der Waals surface area (Å²) in [7, 11) is 0. The van der Waals surface area contributed by atoms with Crippen LogP contribution in [0.1, 0.15) is 20.8 Å². The van der Waals surface area contributed by atoms with E-state index in [-0.39, 0.29) is 0 Å². The lowest BCUT2D eigenvalue weighted by molar-refractivity contribution is -0.124. The van der Waals surface area contributed by atoms with E-state index >= 15 is 0 Å². The number of carbonyl (C=O) groups excluding carboxylic acids is 2. The fraction of sp³-hybridized carbons (Fsp3) is 0.750. The molecular weight excluding hydrogens is 188 g/mol. The van der Waals surface area contributed by atoms with E-state index in [1.165, 1.54) is 5.06 Å². The third kappa shape index (κ3) is 3.21. The van der Waals surface area contributed by atoms with E-state index in [0.29, 0.717) is 6.54 Å². The Balaban J connectivity index is 2.27. The van der Waals surface area contributed by atoms with Crippen LogP contribution >= 0.6 is 0 Å². The number of primary amides is 1. The molecule has 1 aliphatic rings. The quantitative estimate of drug-likeness (QED) is 0.504. The molecule has 2 unspecified atom stereocenters. The summed E-state index contributed by atoms with van der Waals surface area (Å²) in [5.41, 5.74) is 4.38. The van der Waals surface area contributed by atoms with Crippen LogP contribution in [0.25, 0.3) is 0 Å². The molecule has 1 amide bonds. The van der Waals surface area contributed by atoms with E-state index in [9.17, 15) is 9.59 Å². The van der Waals surface area contributed by atoms with Crippen LogP contribution in [0.2, 0.25) is 0 Å². The van der Waals surface area contributed by atoms with Crippen LogP contribution < -0.4 is 5.73 Å². The molecule has 0 aromatic carbocycles. The fourth-order valence-electron chi connectivity index (χ4n) is 0.820. The van der Waals surface area contributed by atoms with Gasteiger partial charge in [-0.2, -0.15) is 0 Å². The first-order valence-electron chi connectivity index (χ1n) is 4.26. The van der Waals surface area contributed by atoms with Crippen molar-refractivity contribution in [2.24, 2.45) is 5.73 Å². The highest BCUT2D eigenvalue weighted by Crippen LogP contribution is 2.18. The van der Waals surface area contributed by atoms with Crippen LogP contribution in [0.5, 0.6) is 0 Å². The van der Waals surface area contributed by atoms with Gasteiger partial charge in [0.25, 0.3) is 0 Å². The van der Waals surface area contributed by atoms with Crippen molar-refractivity contribution in [2.45, 2.75) is 32.4 Å². The number of hydrogen-bond acceptors (Lipinski definition) is 5. The number of ether oxygens (including phenoxy) is 1. The molecule has 6 nitrogen and oxygen atoms in total. The number of rotatable bonds is 2. The molecule has 0 aliphatic carbocycles. The summed E-state index contributed by atoms with van der Waals surface area (Å²) in [6.45, 7) is 5.51. The first-order chi connectivity index (χ1) is 6.29. The number of nitrogens with two attached hydrogens (primary N) is 1. The monoisotopic (exact) mass is 202 g/mol. The molecule has 80 valence electrons. The molecule has 6 heteroatoms. The van der Waals surface area contributed by atoms with Crippen molar-refractivity contribution in [3.05, 3.63) is 0 Å². The summed E-state index contributed by atoms with van der Waals surface area (Å²) in [5.74, 6) is -0.506. The first-order valence-corrected chi connectivity index (χ1v) is 4.26. The van der Waals surface area contributed by atoms with Gasteiger partial charge in [-0.1, -0.05) is 0 Å². The third-order valence-electron chi connectivity index (χ3n) is 1.48. The van der Waals surface area contributed by atoms with Gasteiger partial charge in [0.1, 0.15) is 11.6 Å². The van der Waals surface area contributed by atoms with Crippen molar-refractivity contribution < 1.29 is 19.2 Å². The average molecular weight is 202 g/mol. The standard InChI is InChI=1S/C8H14N2O4/c1-8(2,3)13-7(12)14-10-4-5(10)6(9)11/h5H,4H2,1-3H3,(H2,9,11). The van der Waals surface area contributed by atoms with Gasteiger partial charge in [-0.3, -0.25) is 4.79 Å². The topological polar surface area (TPSA) is 81.6 Å². The normalized spacial score (nSPS) is 25.4. The Kier molecular flexibility index (Phi) is 2.66. The van der Waals surface area contributed by atoms with E-state index in [1.807, 2.05) is 0 Å². The summed E-state index contributed by atoms with van der Waals surface area (Å²) < 4.78 is 4.86. The molecule has 2 N–H and O–H groups in total. The van der Waals surface area contributed by atoms with Crippen molar-refractivity contribution in [2.75, 3.05) is 6.54 Å². The van der Waals surface area contributed by atoms with Gasteiger partial charge in [0.2, 0.25) is 5.91 Å². The van der Waals surface area contributed by atoms with Crippen LogP contribution in [0, 0.1) is 0 Å². The zero-order chi connectivity index (χ0) is 10.9.